The molecule has 2 rings (SSSR count). The highest BCUT2D eigenvalue weighted by molar-refractivity contribution is 5.95. The van der Waals surface area contributed by atoms with Crippen LogP contribution in [0.15, 0.2) is 24.3 Å². The summed E-state index contributed by atoms with van der Waals surface area (Å²) >= 11 is 0. The van der Waals surface area contributed by atoms with Crippen molar-refractivity contribution < 1.29 is 14.3 Å². The van der Waals surface area contributed by atoms with E-state index in [9.17, 15) is 4.79 Å². The average Bonchev–Trinajstić information content (AvgIpc) is 2.59. The third-order valence-electron chi connectivity index (χ3n) is 4.42. The van der Waals surface area contributed by atoms with Gasteiger partial charge in [-0.3, -0.25) is 4.79 Å². The third kappa shape index (κ3) is 6.32. The van der Waals surface area contributed by atoms with Crippen LogP contribution in [0.3, 0.4) is 0 Å². The van der Waals surface area contributed by atoms with Crippen molar-refractivity contribution in [1.29, 1.82) is 0 Å². The van der Waals surface area contributed by atoms with Crippen molar-refractivity contribution in [3.05, 3.63) is 29.8 Å². The summed E-state index contributed by atoms with van der Waals surface area (Å²) in [5.41, 5.74) is 0.743. The highest BCUT2D eigenvalue weighted by atomic mass is 16.5. The van der Waals surface area contributed by atoms with Gasteiger partial charge in [-0.1, -0.05) is 13.8 Å². The number of hydrogen-bond acceptors (Lipinski definition) is 4. The molecule has 0 unspecified atom stereocenters. The number of piperidine rings is 1. The highest BCUT2D eigenvalue weighted by Crippen LogP contribution is 2.15. The summed E-state index contributed by atoms with van der Waals surface area (Å²) in [6, 6.07) is 7.33. The molecular formula is C19H29NO3. The third-order valence-corrected chi connectivity index (χ3v) is 4.42. The first kappa shape index (κ1) is 18.0. The van der Waals surface area contributed by atoms with Crippen LogP contribution in [-0.4, -0.2) is 50.1 Å². The van der Waals surface area contributed by atoms with Crippen LogP contribution in [-0.2, 0) is 4.74 Å². The first-order valence-electron chi connectivity index (χ1n) is 8.75. The average molecular weight is 319 g/mol. The summed E-state index contributed by atoms with van der Waals surface area (Å²) in [6.07, 6.45) is 3.14. The van der Waals surface area contributed by atoms with Gasteiger partial charge in [0.25, 0.3) is 0 Å². The molecule has 128 valence electrons. The van der Waals surface area contributed by atoms with Gasteiger partial charge in [-0.25, -0.2) is 0 Å². The molecule has 0 bridgehead atoms. The molecule has 0 atom stereocenters. The van der Waals surface area contributed by atoms with Crippen molar-refractivity contribution in [3.63, 3.8) is 0 Å². The zero-order chi connectivity index (χ0) is 16.5. The van der Waals surface area contributed by atoms with Crippen LogP contribution in [0.25, 0.3) is 0 Å². The Morgan fingerprint density at radius 2 is 1.83 bits per heavy atom. The SMILES string of the molecule is CCC(=O)c1ccc(OCCOCCN2CCC(C)CC2)cc1. The second-order valence-corrected chi connectivity index (χ2v) is 6.29. The Morgan fingerprint density at radius 3 is 2.48 bits per heavy atom. The Hall–Kier alpha value is -1.39. The quantitative estimate of drug-likeness (QED) is 0.516. The molecule has 0 radical (unpaired) electrons. The predicted molar refractivity (Wildman–Crippen MR) is 92.2 cm³/mol. The van der Waals surface area contributed by atoms with Crippen molar-refractivity contribution >= 4 is 5.78 Å². The van der Waals surface area contributed by atoms with E-state index in [4.69, 9.17) is 9.47 Å². The van der Waals surface area contributed by atoms with Crippen molar-refractivity contribution in [1.82, 2.24) is 4.90 Å². The van der Waals surface area contributed by atoms with Gasteiger partial charge in [-0.05, 0) is 56.1 Å². The molecule has 0 saturated carbocycles. The summed E-state index contributed by atoms with van der Waals surface area (Å²) in [5.74, 6) is 1.82. The maximum atomic E-state index is 11.5. The molecular weight excluding hydrogens is 290 g/mol. The van der Waals surface area contributed by atoms with Gasteiger partial charge < -0.3 is 14.4 Å². The molecule has 4 nitrogen and oxygen atoms in total. The second kappa shape index (κ2) is 9.68. The largest absolute Gasteiger partial charge is 0.491 e. The summed E-state index contributed by atoms with van der Waals surface area (Å²) in [7, 11) is 0. The normalized spacial score (nSPS) is 16.4. The van der Waals surface area contributed by atoms with Crippen molar-refractivity contribution in [2.45, 2.75) is 33.1 Å². The van der Waals surface area contributed by atoms with Gasteiger partial charge in [-0.15, -0.1) is 0 Å². The number of rotatable bonds is 9. The number of hydrogen-bond donors (Lipinski definition) is 0. The van der Waals surface area contributed by atoms with Gasteiger partial charge in [0.2, 0.25) is 0 Å². The second-order valence-electron chi connectivity index (χ2n) is 6.29. The lowest BCUT2D eigenvalue weighted by Gasteiger charge is -2.29. The number of carbonyl (C=O) groups is 1. The molecule has 1 aliphatic heterocycles. The van der Waals surface area contributed by atoms with Crippen LogP contribution in [0.2, 0.25) is 0 Å². The Balaban J connectivity index is 1.54. The van der Waals surface area contributed by atoms with Gasteiger partial charge >= 0.3 is 0 Å². The molecule has 1 heterocycles. The summed E-state index contributed by atoms with van der Waals surface area (Å²) in [6.45, 7) is 9.51. The molecule has 0 aromatic heterocycles. The number of carbonyl (C=O) groups excluding carboxylic acids is 1. The first-order valence-corrected chi connectivity index (χ1v) is 8.75. The fourth-order valence-electron chi connectivity index (χ4n) is 2.74. The number of ether oxygens (including phenoxy) is 2. The highest BCUT2D eigenvalue weighted by Gasteiger charge is 2.14. The van der Waals surface area contributed by atoms with E-state index in [0.717, 1.165) is 30.4 Å². The van der Waals surface area contributed by atoms with E-state index in [0.29, 0.717) is 19.6 Å². The van der Waals surface area contributed by atoms with Gasteiger partial charge in [0.05, 0.1) is 13.2 Å². The lowest BCUT2D eigenvalue weighted by Crippen LogP contribution is -2.35. The number of benzene rings is 1. The van der Waals surface area contributed by atoms with Gasteiger partial charge in [0.1, 0.15) is 12.4 Å². The predicted octanol–water partition coefficient (Wildman–Crippen LogP) is 3.41. The number of likely N-dealkylation sites (tertiary alicyclic amines) is 1. The Labute approximate surface area is 139 Å². The molecule has 0 aliphatic carbocycles. The summed E-state index contributed by atoms with van der Waals surface area (Å²) in [5, 5.41) is 0. The minimum absolute atomic E-state index is 0.159. The Kier molecular flexibility index (Phi) is 7.56. The standard InChI is InChI=1S/C19H29NO3/c1-3-19(21)17-4-6-18(7-5-17)23-15-14-22-13-12-20-10-8-16(2)9-11-20/h4-7,16H,3,8-15H2,1-2H3. The lowest BCUT2D eigenvalue weighted by molar-refractivity contribution is 0.0708. The zero-order valence-corrected chi connectivity index (χ0v) is 14.4. The molecule has 23 heavy (non-hydrogen) atoms. The Morgan fingerprint density at radius 1 is 1.13 bits per heavy atom. The maximum absolute atomic E-state index is 11.5. The van der Waals surface area contributed by atoms with Crippen LogP contribution in [0.1, 0.15) is 43.5 Å². The van der Waals surface area contributed by atoms with Gasteiger partial charge in [0, 0.05) is 18.5 Å². The number of ketones is 1. The van der Waals surface area contributed by atoms with Crippen LogP contribution in [0.5, 0.6) is 5.75 Å². The van der Waals surface area contributed by atoms with E-state index in [-0.39, 0.29) is 5.78 Å². The molecule has 1 aromatic rings. The smallest absolute Gasteiger partial charge is 0.162 e. The minimum Gasteiger partial charge on any atom is -0.491 e. The topological polar surface area (TPSA) is 38.8 Å². The molecule has 4 heteroatoms. The molecule has 0 spiro atoms. The molecule has 1 aromatic carbocycles. The van der Waals surface area contributed by atoms with E-state index in [2.05, 4.69) is 11.8 Å². The molecule has 1 saturated heterocycles. The van der Waals surface area contributed by atoms with Crippen LogP contribution in [0.4, 0.5) is 0 Å². The van der Waals surface area contributed by atoms with E-state index < -0.39 is 0 Å². The molecule has 1 aliphatic rings. The van der Waals surface area contributed by atoms with Crippen LogP contribution in [0, 0.1) is 5.92 Å². The van der Waals surface area contributed by atoms with Crippen molar-refractivity contribution in [2.24, 2.45) is 5.92 Å². The molecule has 0 amide bonds. The number of nitrogens with zero attached hydrogens (tertiary/aromatic N) is 1. The van der Waals surface area contributed by atoms with E-state index in [1.807, 2.05) is 31.2 Å². The zero-order valence-electron chi connectivity index (χ0n) is 14.4. The van der Waals surface area contributed by atoms with Crippen molar-refractivity contribution in [3.8, 4) is 5.75 Å². The molecule has 1 fully saturated rings. The van der Waals surface area contributed by atoms with E-state index >= 15 is 0 Å². The van der Waals surface area contributed by atoms with E-state index in [1.165, 1.54) is 25.9 Å². The van der Waals surface area contributed by atoms with Crippen LogP contribution < -0.4 is 4.74 Å². The molecule has 0 N–H and O–H groups in total. The minimum atomic E-state index is 0.159. The maximum Gasteiger partial charge on any atom is 0.162 e. The fourth-order valence-corrected chi connectivity index (χ4v) is 2.74. The monoisotopic (exact) mass is 319 g/mol. The first-order chi connectivity index (χ1) is 11.2. The van der Waals surface area contributed by atoms with Crippen molar-refractivity contribution in [2.75, 3.05) is 39.5 Å². The van der Waals surface area contributed by atoms with Gasteiger partial charge in [0.15, 0.2) is 5.78 Å². The Bertz CT molecular complexity index is 464. The van der Waals surface area contributed by atoms with Crippen LogP contribution >= 0.6 is 0 Å². The fraction of sp³-hybridized carbons (Fsp3) is 0.632. The lowest BCUT2D eigenvalue weighted by atomic mass is 9.99. The summed E-state index contributed by atoms with van der Waals surface area (Å²) in [4.78, 5) is 14.0. The van der Waals surface area contributed by atoms with E-state index in [1.54, 1.807) is 0 Å². The van der Waals surface area contributed by atoms with Gasteiger partial charge in [-0.2, -0.15) is 0 Å². The number of Topliss-reactive ketones (excluding diaryl/α,β-unsaturated/α-hetero) is 1. The summed E-state index contributed by atoms with van der Waals surface area (Å²) < 4.78 is 11.3.